The molecular formula is C17H14N8. The van der Waals surface area contributed by atoms with Crippen molar-refractivity contribution in [2.24, 2.45) is 7.05 Å². The van der Waals surface area contributed by atoms with Gasteiger partial charge in [0, 0.05) is 42.2 Å². The van der Waals surface area contributed by atoms with E-state index in [4.69, 9.17) is 5.73 Å². The number of nitrogens with one attached hydrogen (secondary N) is 2. The Labute approximate surface area is 141 Å². The van der Waals surface area contributed by atoms with Crippen LogP contribution < -0.4 is 5.73 Å². The van der Waals surface area contributed by atoms with Crippen LogP contribution in [-0.2, 0) is 7.05 Å². The molecule has 0 radical (unpaired) electrons. The molecule has 0 saturated heterocycles. The van der Waals surface area contributed by atoms with Crippen molar-refractivity contribution in [1.29, 1.82) is 0 Å². The number of rotatable bonds is 2. The van der Waals surface area contributed by atoms with Gasteiger partial charge in [-0.1, -0.05) is 0 Å². The van der Waals surface area contributed by atoms with Crippen LogP contribution in [0.15, 0.2) is 43.0 Å². The first-order valence-electron chi connectivity index (χ1n) is 7.75. The van der Waals surface area contributed by atoms with Crippen molar-refractivity contribution < 1.29 is 0 Å². The van der Waals surface area contributed by atoms with Crippen LogP contribution in [0.1, 0.15) is 0 Å². The molecule has 0 spiro atoms. The third kappa shape index (κ3) is 2.15. The summed E-state index contributed by atoms with van der Waals surface area (Å²) < 4.78 is 1.75. The number of pyridine rings is 1. The van der Waals surface area contributed by atoms with Crippen LogP contribution in [0.3, 0.4) is 0 Å². The van der Waals surface area contributed by atoms with Crippen molar-refractivity contribution in [1.82, 2.24) is 34.9 Å². The number of hydrogen-bond acceptors (Lipinski definition) is 5. The van der Waals surface area contributed by atoms with Crippen LogP contribution in [0.5, 0.6) is 0 Å². The SMILES string of the molecule is Cn1cc(-c2cnc(N)c(-c3nc4cc5c[nH][nH]c5cc4n3)c2)cn1. The lowest BCUT2D eigenvalue weighted by Gasteiger charge is -2.03. The topological polar surface area (TPSA) is 114 Å². The van der Waals surface area contributed by atoms with Gasteiger partial charge in [-0.25, -0.2) is 15.0 Å². The Morgan fingerprint density at radius 2 is 1.88 bits per heavy atom. The maximum atomic E-state index is 6.08. The van der Waals surface area contributed by atoms with Crippen molar-refractivity contribution in [2.45, 2.75) is 0 Å². The molecule has 8 heteroatoms. The average Bonchev–Trinajstić information content (AvgIpc) is 3.31. The fraction of sp³-hybridized carbons (Fsp3) is 0.0588. The Kier molecular flexibility index (Phi) is 2.69. The normalized spacial score (nSPS) is 11.6. The van der Waals surface area contributed by atoms with Crippen LogP contribution in [0.4, 0.5) is 5.82 Å². The Balaban J connectivity index is 1.67. The zero-order valence-corrected chi connectivity index (χ0v) is 13.4. The van der Waals surface area contributed by atoms with Gasteiger partial charge in [-0.15, -0.1) is 0 Å². The van der Waals surface area contributed by atoms with E-state index in [1.165, 1.54) is 0 Å². The molecule has 0 fully saturated rings. The summed E-state index contributed by atoms with van der Waals surface area (Å²) in [5.74, 6) is 0.976. The molecule has 5 aromatic rings. The first-order chi connectivity index (χ1) is 12.2. The second-order valence-electron chi connectivity index (χ2n) is 5.95. The Morgan fingerprint density at radius 3 is 2.68 bits per heavy atom. The fourth-order valence-corrected chi connectivity index (χ4v) is 2.95. The number of anilines is 1. The van der Waals surface area contributed by atoms with E-state index in [2.05, 4.69) is 30.2 Å². The van der Waals surface area contributed by atoms with Crippen LogP contribution in [0.25, 0.3) is 44.5 Å². The Hall–Kier alpha value is -3.68. The third-order valence-corrected chi connectivity index (χ3v) is 4.23. The number of aromatic nitrogens is 7. The maximum absolute atomic E-state index is 6.08. The Bertz CT molecular complexity index is 1180. The monoisotopic (exact) mass is 330 g/mol. The molecule has 8 nitrogen and oxygen atoms in total. The van der Waals surface area contributed by atoms with Gasteiger partial charge in [0.05, 0.1) is 28.3 Å². The second-order valence-corrected chi connectivity index (χ2v) is 5.95. The smallest absolute Gasteiger partial charge is 0.164 e. The zero-order chi connectivity index (χ0) is 17.0. The lowest BCUT2D eigenvalue weighted by Crippen LogP contribution is -1.95. The van der Waals surface area contributed by atoms with Crippen molar-refractivity contribution in [2.75, 3.05) is 5.73 Å². The van der Waals surface area contributed by atoms with E-state index in [-0.39, 0.29) is 0 Å². The van der Waals surface area contributed by atoms with Crippen LogP contribution in [0, 0.1) is 0 Å². The number of nitrogen functional groups attached to an aromatic ring is 1. The summed E-state index contributed by atoms with van der Waals surface area (Å²) in [6.45, 7) is 0. The van der Waals surface area contributed by atoms with Crippen LogP contribution in [-0.4, -0.2) is 34.9 Å². The number of imidazole rings is 1. The van der Waals surface area contributed by atoms with E-state index in [9.17, 15) is 0 Å². The van der Waals surface area contributed by atoms with Gasteiger partial charge in [0.2, 0.25) is 0 Å². The molecule has 0 atom stereocenters. The molecule has 0 aliphatic heterocycles. The first kappa shape index (κ1) is 13.7. The van der Waals surface area contributed by atoms with Crippen LogP contribution >= 0.6 is 0 Å². The highest BCUT2D eigenvalue weighted by Gasteiger charge is 2.14. The predicted octanol–water partition coefficient (Wildman–Crippen LogP) is 2.48. The Morgan fingerprint density at radius 1 is 1.04 bits per heavy atom. The van der Waals surface area contributed by atoms with Crippen molar-refractivity contribution in [3.05, 3.63) is 43.0 Å². The summed E-state index contributed by atoms with van der Waals surface area (Å²) in [6.07, 6.45) is 7.34. The molecule has 0 amide bonds. The molecule has 4 N–H and O–H groups in total. The van der Waals surface area contributed by atoms with Gasteiger partial charge in [0.25, 0.3) is 0 Å². The minimum Gasteiger partial charge on any atom is -0.383 e. The minimum absolute atomic E-state index is 0.404. The number of fused-ring (bicyclic) bond motifs is 2. The molecular weight excluding hydrogens is 316 g/mol. The lowest BCUT2D eigenvalue weighted by molar-refractivity contribution is 0.768. The molecule has 122 valence electrons. The summed E-state index contributed by atoms with van der Waals surface area (Å²) in [5.41, 5.74) is 11.3. The number of hydrogen-bond donors (Lipinski definition) is 3. The molecule has 4 heterocycles. The largest absolute Gasteiger partial charge is 0.383 e. The van der Waals surface area contributed by atoms with Crippen LogP contribution in [0.2, 0.25) is 0 Å². The molecule has 5 rings (SSSR count). The molecule has 4 aromatic heterocycles. The van der Waals surface area contributed by atoms with E-state index in [0.717, 1.165) is 33.1 Å². The summed E-state index contributed by atoms with van der Waals surface area (Å²) in [7, 11) is 1.88. The van der Waals surface area contributed by atoms with E-state index in [1.807, 2.05) is 37.6 Å². The van der Waals surface area contributed by atoms with Crippen molar-refractivity contribution in [3.63, 3.8) is 0 Å². The lowest BCUT2D eigenvalue weighted by atomic mass is 10.1. The first-order valence-corrected chi connectivity index (χ1v) is 7.75. The molecule has 0 saturated carbocycles. The van der Waals surface area contributed by atoms with E-state index < -0.39 is 0 Å². The molecule has 1 aromatic carbocycles. The number of nitrogens with zero attached hydrogens (tertiary/aromatic N) is 5. The molecule has 25 heavy (non-hydrogen) atoms. The number of aromatic amines is 2. The van der Waals surface area contributed by atoms with Gasteiger partial charge in [-0.05, 0) is 18.2 Å². The zero-order valence-electron chi connectivity index (χ0n) is 13.4. The second kappa shape index (κ2) is 4.91. The summed E-state index contributed by atoms with van der Waals surface area (Å²) in [6, 6.07) is 5.90. The van der Waals surface area contributed by atoms with Gasteiger partial charge >= 0.3 is 0 Å². The molecule has 0 aliphatic carbocycles. The molecule has 0 unspecified atom stereocenters. The summed E-state index contributed by atoms with van der Waals surface area (Å²) in [4.78, 5) is 13.6. The number of nitrogens with two attached hydrogens (primary N) is 1. The number of benzene rings is 1. The highest BCUT2D eigenvalue weighted by molar-refractivity contribution is 5.94. The fourth-order valence-electron chi connectivity index (χ4n) is 2.95. The van der Waals surface area contributed by atoms with E-state index in [0.29, 0.717) is 17.2 Å². The molecule has 0 bridgehead atoms. The van der Waals surface area contributed by atoms with Gasteiger partial charge in [0.15, 0.2) is 5.82 Å². The highest BCUT2D eigenvalue weighted by Crippen LogP contribution is 2.30. The highest BCUT2D eigenvalue weighted by atomic mass is 15.2. The van der Waals surface area contributed by atoms with E-state index >= 15 is 0 Å². The average molecular weight is 330 g/mol. The van der Waals surface area contributed by atoms with Crippen molar-refractivity contribution in [3.8, 4) is 22.5 Å². The molecule has 0 aliphatic rings. The van der Waals surface area contributed by atoms with Crippen molar-refractivity contribution >= 4 is 27.8 Å². The quantitative estimate of drug-likeness (QED) is 0.460. The standard InChI is InChI=1S/C17H14N8/c1-25-8-11(7-21-25)9-2-12(16(18)19-5-9)17-22-14-3-10-6-20-24-13(10)4-15(14)23-17/h2-8,20,24H,1H3,(H2,18,19). The summed E-state index contributed by atoms with van der Waals surface area (Å²) in [5, 5.41) is 11.3. The third-order valence-electron chi connectivity index (χ3n) is 4.23. The van der Waals surface area contributed by atoms with Gasteiger partial charge in [-0.3, -0.25) is 4.68 Å². The summed E-state index contributed by atoms with van der Waals surface area (Å²) >= 11 is 0. The van der Waals surface area contributed by atoms with E-state index in [1.54, 1.807) is 17.1 Å². The number of aryl methyl sites for hydroxylation is 1. The van der Waals surface area contributed by atoms with Gasteiger partial charge in [-0.2, -0.15) is 5.10 Å². The van der Waals surface area contributed by atoms with Gasteiger partial charge < -0.3 is 15.9 Å². The maximum Gasteiger partial charge on any atom is 0.164 e. The van der Waals surface area contributed by atoms with Gasteiger partial charge in [0.1, 0.15) is 5.82 Å². The predicted molar refractivity (Wildman–Crippen MR) is 95.6 cm³/mol. The number of H-pyrrole nitrogens is 2. The minimum atomic E-state index is 0.404.